The van der Waals surface area contributed by atoms with Gasteiger partial charge in [-0.1, -0.05) is 17.8 Å². The number of aliphatic carboxylic acids is 1. The van der Waals surface area contributed by atoms with Gasteiger partial charge in [-0.15, -0.1) is 23.1 Å². The molecule has 0 saturated carbocycles. The number of phosphoric acid groups is 1. The van der Waals surface area contributed by atoms with E-state index in [1.165, 1.54) is 23.2 Å². The smallest absolute Gasteiger partial charge is 0.756 e. The Balaban J connectivity index is 0.000000770. The van der Waals surface area contributed by atoms with Crippen LogP contribution in [0.25, 0.3) is 0 Å². The summed E-state index contributed by atoms with van der Waals surface area (Å²) < 4.78 is 8.77. The van der Waals surface area contributed by atoms with E-state index in [9.17, 15) is 19.5 Å². The van der Waals surface area contributed by atoms with Gasteiger partial charge < -0.3 is 36.0 Å². The number of nitrogens with two attached hydrogens (primary N) is 1. The number of aromatic nitrogens is 1. The number of carboxylic acid groups (broad SMARTS) is 1. The van der Waals surface area contributed by atoms with E-state index in [0.29, 0.717) is 11.3 Å². The van der Waals surface area contributed by atoms with Crippen LogP contribution < -0.4 is 67.3 Å². The first-order chi connectivity index (χ1) is 14.4. The number of nitrogens with one attached hydrogen (secondary N) is 1. The number of amides is 2. The molecule has 2 aliphatic heterocycles. The minimum absolute atomic E-state index is 0. The predicted octanol–water partition coefficient (Wildman–Crippen LogP) is -4.73. The predicted molar refractivity (Wildman–Crippen MR) is 107 cm³/mol. The van der Waals surface area contributed by atoms with Gasteiger partial charge in [0.1, 0.15) is 22.8 Å². The summed E-state index contributed by atoms with van der Waals surface area (Å²) in [5, 5.41) is 24.9. The first-order valence-electron chi connectivity index (χ1n) is 7.93. The molecule has 32 heavy (non-hydrogen) atoms. The molecule has 2 aliphatic rings. The summed E-state index contributed by atoms with van der Waals surface area (Å²) in [6.45, 7) is 3.56. The van der Waals surface area contributed by atoms with Crippen molar-refractivity contribution in [1.82, 2.24) is 15.2 Å². The van der Waals surface area contributed by atoms with Gasteiger partial charge in [-0.25, -0.2) is 9.78 Å². The Kier molecular flexibility index (Phi) is 10.7. The average molecular weight is 532 g/mol. The molecule has 1 aromatic heterocycles. The van der Waals surface area contributed by atoms with Crippen molar-refractivity contribution < 1.29 is 95.3 Å². The van der Waals surface area contributed by atoms with Crippen molar-refractivity contribution in [1.29, 1.82) is 0 Å². The zero-order chi connectivity index (χ0) is 23.5. The quantitative estimate of drug-likeness (QED) is 0.0524. The van der Waals surface area contributed by atoms with Crippen molar-refractivity contribution >= 4 is 59.5 Å². The van der Waals surface area contributed by atoms with Gasteiger partial charge in [0.05, 0.1) is 0 Å². The van der Waals surface area contributed by atoms with Crippen LogP contribution in [0.5, 0.6) is 0 Å². The Morgan fingerprint density at radius 3 is 2.50 bits per heavy atom. The summed E-state index contributed by atoms with van der Waals surface area (Å²) in [5.41, 5.74) is 5.49. The molecule has 2 atom stereocenters. The number of fused-ring (bicyclic) bond motifs is 1. The largest absolute Gasteiger partial charge is 1.00 e. The van der Waals surface area contributed by atoms with E-state index in [-0.39, 0.29) is 73.6 Å². The fraction of sp³-hybridized carbons (Fsp3) is 0.214. The molecule has 2 amide bonds. The van der Waals surface area contributed by atoms with Crippen LogP contribution in [0, 0.1) is 0 Å². The number of hydrogen-bond acceptors (Lipinski definition) is 11. The molecule has 0 aliphatic carbocycles. The standard InChI is InChI=1S/C14H13N5O5S2.K.H3O4P/c1-2-5-3-25-12-8(11(21)19(12)9(5)13(22)23)17-10(20)7(18-24)6-4-26-14(15)16-6;;1-5(2,3)4/h2,4,8,12,24H,1,3H2,(H2,15,16)(H,17,20)(H,22,23);;(H3,1,2,3,4)/q;+1;/p-1/t8-,12-;;/m1../s1. The van der Waals surface area contributed by atoms with E-state index in [4.69, 9.17) is 30.2 Å². The maximum absolute atomic E-state index is 12.4. The number of carbonyl (C=O) groups is 3. The van der Waals surface area contributed by atoms with Crippen molar-refractivity contribution in [3.05, 3.63) is 35.0 Å². The summed E-state index contributed by atoms with van der Waals surface area (Å²) in [4.78, 5) is 64.1. The van der Waals surface area contributed by atoms with Crippen molar-refractivity contribution in [2.45, 2.75) is 11.4 Å². The molecule has 1 fully saturated rings. The molecule has 18 heteroatoms. The number of β-lactam (4-membered cyclic amide) rings is 1. The van der Waals surface area contributed by atoms with Gasteiger partial charge in [0.25, 0.3) is 19.6 Å². The topological polar surface area (TPSA) is 239 Å². The molecule has 0 radical (unpaired) electrons. The summed E-state index contributed by atoms with van der Waals surface area (Å²) in [5.74, 6) is -2.27. The second kappa shape index (κ2) is 11.8. The van der Waals surface area contributed by atoms with Crippen molar-refractivity contribution in [3.8, 4) is 0 Å². The molecular weight excluding hydrogens is 516 g/mol. The summed E-state index contributed by atoms with van der Waals surface area (Å²) in [7, 11) is -4.89. The zero-order valence-electron chi connectivity index (χ0n) is 16.2. The molecule has 0 spiro atoms. The number of nitrogens with zero attached hydrogens (tertiary/aromatic N) is 3. The van der Waals surface area contributed by atoms with Crippen molar-refractivity contribution in [3.63, 3.8) is 0 Å². The second-order valence-corrected chi connectivity index (χ2v) is 8.73. The van der Waals surface area contributed by atoms with Gasteiger partial charge >= 0.3 is 57.4 Å². The van der Waals surface area contributed by atoms with Crippen LogP contribution in [-0.2, 0) is 18.9 Å². The molecule has 1 saturated heterocycles. The third-order valence-electron chi connectivity index (χ3n) is 3.81. The number of nitrogen functional groups attached to an aromatic ring is 1. The number of carbonyl (C=O) groups excluding carboxylic acids is 2. The second-order valence-electron chi connectivity index (χ2n) is 5.75. The maximum atomic E-state index is 12.4. The summed E-state index contributed by atoms with van der Waals surface area (Å²) >= 11 is 2.37. The molecule has 3 heterocycles. The zero-order valence-corrected chi connectivity index (χ0v) is 21.9. The number of allylic oxidation sites excluding steroid dienone is 1. The Morgan fingerprint density at radius 2 is 2.06 bits per heavy atom. The van der Waals surface area contributed by atoms with E-state index in [2.05, 4.69) is 22.0 Å². The first-order valence-corrected chi connectivity index (χ1v) is 11.4. The molecule has 168 valence electrons. The summed E-state index contributed by atoms with van der Waals surface area (Å²) in [6, 6.07) is -0.944. The van der Waals surface area contributed by atoms with Crippen molar-refractivity contribution in [2.24, 2.45) is 5.16 Å². The van der Waals surface area contributed by atoms with E-state index in [0.717, 1.165) is 16.2 Å². The Bertz CT molecular complexity index is 1030. The number of oxime groups is 1. The molecule has 14 nitrogen and oxygen atoms in total. The normalized spacial score (nSPS) is 20.2. The molecule has 0 aromatic carbocycles. The minimum Gasteiger partial charge on any atom is -0.756 e. The Labute approximate surface area is 230 Å². The van der Waals surface area contributed by atoms with Gasteiger partial charge in [0.15, 0.2) is 10.8 Å². The van der Waals surface area contributed by atoms with E-state index in [1.54, 1.807) is 0 Å². The third-order valence-corrected chi connectivity index (χ3v) is 5.79. The fourth-order valence-corrected chi connectivity index (χ4v) is 4.51. The van der Waals surface area contributed by atoms with Crippen LogP contribution in [0.2, 0.25) is 0 Å². The third kappa shape index (κ3) is 6.94. The molecule has 0 unspecified atom stereocenters. The van der Waals surface area contributed by atoms with Gasteiger partial charge in [-0.2, -0.15) is 0 Å². The van der Waals surface area contributed by atoms with E-state index < -0.39 is 37.0 Å². The number of rotatable bonds is 5. The number of hydrogen-bond donors (Lipinski definition) is 6. The number of anilines is 1. The first kappa shape index (κ1) is 28.9. The van der Waals surface area contributed by atoms with Crippen LogP contribution in [0.1, 0.15) is 5.69 Å². The molecule has 3 rings (SSSR count). The molecular formula is C14H15KN5O9PS2. The Hall–Kier alpha value is -1.11. The van der Waals surface area contributed by atoms with E-state index >= 15 is 0 Å². The van der Waals surface area contributed by atoms with Crippen molar-refractivity contribution in [2.75, 3.05) is 11.5 Å². The monoisotopic (exact) mass is 531 g/mol. The van der Waals surface area contributed by atoms with Gasteiger partial charge in [0.2, 0.25) is 0 Å². The van der Waals surface area contributed by atoms with Gasteiger partial charge in [0, 0.05) is 11.1 Å². The molecule has 0 bridgehead atoms. The van der Waals surface area contributed by atoms with Crippen LogP contribution in [0.4, 0.5) is 5.13 Å². The summed E-state index contributed by atoms with van der Waals surface area (Å²) in [6.07, 6.45) is 1.40. The average Bonchev–Trinajstić information content (AvgIpc) is 3.09. The SMILES string of the molecule is C=CC1=C(C(=O)O)N2C(=O)[C@@H](NC(=O)C(=NO)c3csc(N)n3)[C@H]2SC1.O=P([O-])(O)O.[K+]. The fourth-order valence-electron chi connectivity index (χ4n) is 2.62. The van der Waals surface area contributed by atoms with Crippen LogP contribution >= 0.6 is 30.9 Å². The number of thiazole rings is 1. The van der Waals surface area contributed by atoms with Gasteiger partial charge in [-0.05, 0) is 5.57 Å². The molecule has 1 aromatic rings. The maximum Gasteiger partial charge on any atom is 1.00 e. The van der Waals surface area contributed by atoms with Crippen LogP contribution in [0.15, 0.2) is 34.5 Å². The number of thioether (sulfide) groups is 1. The minimum atomic E-state index is -4.89. The Morgan fingerprint density at radius 1 is 1.47 bits per heavy atom. The van der Waals surface area contributed by atoms with Gasteiger partial charge in [-0.3, -0.25) is 19.1 Å². The van der Waals surface area contributed by atoms with Crippen LogP contribution in [-0.4, -0.2) is 70.6 Å². The number of carboxylic acids is 1. The van der Waals surface area contributed by atoms with E-state index in [1.807, 2.05) is 0 Å². The van der Waals surface area contributed by atoms with Crippen LogP contribution in [0.3, 0.4) is 0 Å². The molecule has 7 N–H and O–H groups in total.